The van der Waals surface area contributed by atoms with E-state index < -0.39 is 7.60 Å². The van der Waals surface area contributed by atoms with Gasteiger partial charge in [-0.2, -0.15) is 0 Å². The summed E-state index contributed by atoms with van der Waals surface area (Å²) in [6, 6.07) is 0. The summed E-state index contributed by atoms with van der Waals surface area (Å²) in [6.07, 6.45) is 29.4. The second kappa shape index (κ2) is 20.9. The maximum Gasteiger partial charge on any atom is 0.385 e. The van der Waals surface area contributed by atoms with Gasteiger partial charge in [-0.15, -0.1) is 0 Å². The van der Waals surface area contributed by atoms with Gasteiger partial charge in [0.05, 0.1) is 27.7 Å². The molecule has 5 heteroatoms. The topological polar surface area (TPSA) is 46.5 Å². The van der Waals surface area contributed by atoms with Crippen LogP contribution < -0.4 is 0 Å². The van der Waals surface area contributed by atoms with Crippen LogP contribution in [0.15, 0.2) is 24.3 Å². The highest BCUT2D eigenvalue weighted by Crippen LogP contribution is 2.51. The zero-order valence-corrected chi connectivity index (χ0v) is 23.7. The molecule has 2 unspecified atom stereocenters. The average molecular weight is 487 g/mol. The normalized spacial score (nSPS) is 15.5. The first-order valence-electron chi connectivity index (χ1n) is 13.8. The molecular formula is C28H57NO3P+. The molecule has 0 aromatic heterocycles. The molecule has 0 aliphatic carbocycles. The van der Waals surface area contributed by atoms with E-state index >= 15 is 0 Å². The lowest BCUT2D eigenvalue weighted by Crippen LogP contribution is -2.45. The molecule has 0 aromatic rings. The van der Waals surface area contributed by atoms with Gasteiger partial charge >= 0.3 is 7.60 Å². The molecule has 196 valence electrons. The third-order valence-corrected chi connectivity index (χ3v) is 8.42. The third-order valence-electron chi connectivity index (χ3n) is 6.16. The second-order valence-electron chi connectivity index (χ2n) is 10.4. The molecule has 1 N–H and O–H groups in total. The molecular weight excluding hydrogens is 429 g/mol. The van der Waals surface area contributed by atoms with E-state index in [9.17, 15) is 9.46 Å². The third kappa shape index (κ3) is 19.6. The predicted octanol–water partition coefficient (Wildman–Crippen LogP) is 9.00. The molecule has 33 heavy (non-hydrogen) atoms. The maximum atomic E-state index is 12.7. The molecule has 0 rings (SSSR count). The quantitative estimate of drug-likeness (QED) is 0.0678. The first-order valence-corrected chi connectivity index (χ1v) is 15.5. The Morgan fingerprint density at radius 3 is 1.58 bits per heavy atom. The first kappa shape index (κ1) is 32.6. The van der Waals surface area contributed by atoms with Gasteiger partial charge in [-0.1, -0.05) is 83.1 Å². The van der Waals surface area contributed by atoms with Crippen LogP contribution in [0.5, 0.6) is 0 Å². The standard InChI is InChI=1S/C28H56NO3P/c1-6-8-9-10-11-12-13-14-15-16-17-18-19-20-21-22-23-24-25-27-32-33(30,31)28(26-7-2)29(3,4)5/h10-11,16-17,28H,6-9,12-15,18-27H2,1-5H3/p+1. The first-order chi connectivity index (χ1) is 15.8. The van der Waals surface area contributed by atoms with Crippen LogP contribution in [-0.4, -0.2) is 42.9 Å². The summed E-state index contributed by atoms with van der Waals surface area (Å²) in [5, 5.41) is 0. The lowest BCUT2D eigenvalue weighted by Gasteiger charge is -2.35. The molecule has 0 radical (unpaired) electrons. The lowest BCUT2D eigenvalue weighted by atomic mass is 10.1. The number of rotatable bonds is 23. The Bertz CT molecular complexity index is 540. The molecule has 2 atom stereocenters. The van der Waals surface area contributed by atoms with Crippen LogP contribution in [0.25, 0.3) is 0 Å². The minimum atomic E-state index is -3.57. The summed E-state index contributed by atoms with van der Waals surface area (Å²) in [5.41, 5.74) is 0. The largest absolute Gasteiger partial charge is 0.385 e. The van der Waals surface area contributed by atoms with Crippen molar-refractivity contribution in [3.05, 3.63) is 24.3 Å². The predicted molar refractivity (Wildman–Crippen MR) is 146 cm³/mol. The second-order valence-corrected chi connectivity index (χ2v) is 12.4. The minimum Gasteiger partial charge on any atom is -0.320 e. The highest BCUT2D eigenvalue weighted by atomic mass is 31.2. The fourth-order valence-electron chi connectivity index (χ4n) is 4.09. The van der Waals surface area contributed by atoms with Crippen LogP contribution in [0.2, 0.25) is 0 Å². The van der Waals surface area contributed by atoms with Crippen molar-refractivity contribution < 1.29 is 18.5 Å². The van der Waals surface area contributed by atoms with E-state index in [1.807, 2.05) is 21.1 Å². The van der Waals surface area contributed by atoms with Crippen molar-refractivity contribution in [3.63, 3.8) is 0 Å². The molecule has 0 aromatic carbocycles. The van der Waals surface area contributed by atoms with Crippen molar-refractivity contribution in [2.45, 2.75) is 129 Å². The molecule has 0 bridgehead atoms. The zero-order valence-electron chi connectivity index (χ0n) is 22.8. The van der Waals surface area contributed by atoms with E-state index in [1.165, 1.54) is 83.5 Å². The van der Waals surface area contributed by atoms with Crippen LogP contribution >= 0.6 is 7.60 Å². The molecule has 0 aliphatic heterocycles. The molecule has 0 spiro atoms. The molecule has 0 saturated carbocycles. The highest BCUT2D eigenvalue weighted by Gasteiger charge is 2.41. The molecule has 0 saturated heterocycles. The van der Waals surface area contributed by atoms with Crippen LogP contribution in [0.1, 0.15) is 123 Å². The van der Waals surface area contributed by atoms with Crippen molar-refractivity contribution in [2.75, 3.05) is 27.7 Å². The van der Waals surface area contributed by atoms with E-state index in [2.05, 4.69) is 38.2 Å². The number of quaternary nitrogens is 1. The summed E-state index contributed by atoms with van der Waals surface area (Å²) in [4.78, 5) is 10.4. The minimum absolute atomic E-state index is 0.339. The van der Waals surface area contributed by atoms with Gasteiger partial charge in [-0.25, -0.2) is 0 Å². The maximum absolute atomic E-state index is 12.7. The SMILES string of the molecule is CCCCC=CCCCCC=CCCCCCCCCCOP(=O)(O)C(CCC)[N+](C)(C)C. The van der Waals surface area contributed by atoms with Crippen molar-refractivity contribution in [2.24, 2.45) is 0 Å². The van der Waals surface area contributed by atoms with E-state index in [1.54, 1.807) is 0 Å². The Balaban J connectivity index is 3.56. The molecule has 0 fully saturated rings. The average Bonchev–Trinajstić information content (AvgIpc) is 2.75. The number of hydrogen-bond acceptors (Lipinski definition) is 2. The van der Waals surface area contributed by atoms with Gasteiger partial charge in [0, 0.05) is 6.42 Å². The van der Waals surface area contributed by atoms with Gasteiger partial charge in [0.2, 0.25) is 0 Å². The van der Waals surface area contributed by atoms with Gasteiger partial charge in [-0.3, -0.25) is 4.57 Å². The molecule has 0 aliphatic rings. The van der Waals surface area contributed by atoms with Crippen LogP contribution in [0.4, 0.5) is 0 Å². The monoisotopic (exact) mass is 486 g/mol. The Hall–Kier alpha value is -0.410. The molecule has 4 nitrogen and oxygen atoms in total. The lowest BCUT2D eigenvalue weighted by molar-refractivity contribution is -0.883. The van der Waals surface area contributed by atoms with Gasteiger partial charge in [0.25, 0.3) is 0 Å². The fraction of sp³-hybridized carbons (Fsp3) is 0.857. The van der Waals surface area contributed by atoms with Gasteiger partial charge in [0.1, 0.15) is 0 Å². The number of unbranched alkanes of at least 4 members (excludes halogenated alkanes) is 12. The van der Waals surface area contributed by atoms with E-state index in [0.29, 0.717) is 17.5 Å². The van der Waals surface area contributed by atoms with Crippen molar-refractivity contribution in [1.29, 1.82) is 0 Å². The number of hydrogen-bond donors (Lipinski definition) is 1. The summed E-state index contributed by atoms with van der Waals surface area (Å²) < 4.78 is 18.6. The number of nitrogens with zero attached hydrogens (tertiary/aromatic N) is 1. The Kier molecular flexibility index (Phi) is 20.7. The smallest absolute Gasteiger partial charge is 0.320 e. The van der Waals surface area contributed by atoms with Crippen LogP contribution in [0, 0.1) is 0 Å². The zero-order chi connectivity index (χ0) is 24.8. The fourth-order valence-corrected chi connectivity index (χ4v) is 6.12. The Morgan fingerprint density at radius 1 is 0.697 bits per heavy atom. The highest BCUT2D eigenvalue weighted by molar-refractivity contribution is 7.53. The molecule has 0 heterocycles. The molecule has 0 amide bonds. The number of allylic oxidation sites excluding steroid dienone is 4. The van der Waals surface area contributed by atoms with Crippen LogP contribution in [-0.2, 0) is 9.09 Å². The summed E-state index contributed by atoms with van der Waals surface area (Å²) in [6.45, 7) is 4.69. The van der Waals surface area contributed by atoms with E-state index in [0.717, 1.165) is 19.3 Å². The van der Waals surface area contributed by atoms with E-state index in [-0.39, 0.29) is 5.78 Å². The summed E-state index contributed by atoms with van der Waals surface area (Å²) in [7, 11) is 2.34. The van der Waals surface area contributed by atoms with Crippen molar-refractivity contribution in [1.82, 2.24) is 0 Å². The summed E-state index contributed by atoms with van der Waals surface area (Å²) in [5.74, 6) is -0.339. The van der Waals surface area contributed by atoms with Gasteiger partial charge in [0.15, 0.2) is 5.78 Å². The Morgan fingerprint density at radius 2 is 1.12 bits per heavy atom. The van der Waals surface area contributed by atoms with Crippen molar-refractivity contribution in [3.8, 4) is 0 Å². The Labute approximate surface area is 207 Å². The van der Waals surface area contributed by atoms with Crippen LogP contribution in [0.3, 0.4) is 0 Å². The van der Waals surface area contributed by atoms with Crippen molar-refractivity contribution >= 4 is 7.60 Å². The summed E-state index contributed by atoms with van der Waals surface area (Å²) >= 11 is 0. The van der Waals surface area contributed by atoms with Gasteiger partial charge < -0.3 is 13.9 Å². The van der Waals surface area contributed by atoms with E-state index in [4.69, 9.17) is 4.52 Å². The van der Waals surface area contributed by atoms with Gasteiger partial charge in [-0.05, 0) is 57.8 Å².